The van der Waals surface area contributed by atoms with Crippen LogP contribution in [0.15, 0.2) is 101 Å². The number of thioether (sulfide) groups is 1. The maximum absolute atomic E-state index is 13.1. The fourth-order valence-electron chi connectivity index (χ4n) is 2.67. The van der Waals surface area contributed by atoms with Crippen molar-refractivity contribution in [1.29, 1.82) is 0 Å². The first-order chi connectivity index (χ1) is 12.8. The van der Waals surface area contributed by atoms with Gasteiger partial charge in [0.2, 0.25) is 0 Å². The molecule has 1 aliphatic rings. The van der Waals surface area contributed by atoms with Crippen molar-refractivity contribution in [2.75, 3.05) is 4.90 Å². The molecule has 0 unspecified atom stereocenters. The van der Waals surface area contributed by atoms with E-state index in [9.17, 15) is 4.79 Å². The molecule has 1 amide bonds. The van der Waals surface area contributed by atoms with Crippen LogP contribution in [0.2, 0.25) is 0 Å². The largest absolute Gasteiger partial charge is 0.271 e. The van der Waals surface area contributed by atoms with E-state index in [1.807, 2.05) is 97.1 Å². The predicted molar refractivity (Wildman–Crippen MR) is 109 cm³/mol. The first-order valence-electron chi connectivity index (χ1n) is 8.29. The van der Waals surface area contributed by atoms with Crippen molar-refractivity contribution in [2.24, 2.45) is 4.99 Å². The minimum atomic E-state index is -0.0558. The van der Waals surface area contributed by atoms with Crippen LogP contribution in [0.5, 0.6) is 0 Å². The molecule has 3 nitrogen and oxygen atoms in total. The Morgan fingerprint density at radius 2 is 1.35 bits per heavy atom. The summed E-state index contributed by atoms with van der Waals surface area (Å²) in [5.74, 6) is -0.0558. The van der Waals surface area contributed by atoms with Gasteiger partial charge in [-0.05, 0) is 47.7 Å². The standard InChI is InChI=1S/C22H16N2OS/c25-21-20(16-17-10-4-1-5-11-17)26-22(23-18-12-6-2-7-13-18)24(21)19-14-8-3-9-15-19/h1-16H/b20-16+,23-22?. The predicted octanol–water partition coefficient (Wildman–Crippen LogP) is 5.50. The molecule has 0 atom stereocenters. The van der Waals surface area contributed by atoms with Crippen molar-refractivity contribution in [3.05, 3.63) is 101 Å². The number of amidine groups is 1. The highest BCUT2D eigenvalue weighted by atomic mass is 32.2. The van der Waals surface area contributed by atoms with Crippen LogP contribution in [0.3, 0.4) is 0 Å². The zero-order chi connectivity index (χ0) is 17.8. The smallest absolute Gasteiger partial charge is 0.268 e. The number of rotatable bonds is 3. The lowest BCUT2D eigenvalue weighted by molar-refractivity contribution is -0.113. The van der Waals surface area contributed by atoms with Gasteiger partial charge >= 0.3 is 0 Å². The van der Waals surface area contributed by atoms with Crippen LogP contribution in [0.1, 0.15) is 5.56 Å². The van der Waals surface area contributed by atoms with E-state index in [4.69, 9.17) is 4.99 Å². The summed E-state index contributed by atoms with van der Waals surface area (Å²) >= 11 is 1.40. The summed E-state index contributed by atoms with van der Waals surface area (Å²) in [5, 5.41) is 0.662. The van der Waals surface area contributed by atoms with Crippen LogP contribution in [-0.4, -0.2) is 11.1 Å². The molecule has 0 saturated carbocycles. The molecule has 126 valence electrons. The van der Waals surface area contributed by atoms with Crippen molar-refractivity contribution >= 4 is 40.3 Å². The molecule has 3 aromatic carbocycles. The van der Waals surface area contributed by atoms with Gasteiger partial charge < -0.3 is 0 Å². The fourth-order valence-corrected chi connectivity index (χ4v) is 3.67. The monoisotopic (exact) mass is 356 g/mol. The summed E-state index contributed by atoms with van der Waals surface area (Å²) in [6.45, 7) is 0. The van der Waals surface area contributed by atoms with Crippen LogP contribution in [0, 0.1) is 0 Å². The third kappa shape index (κ3) is 3.46. The van der Waals surface area contributed by atoms with Crippen molar-refractivity contribution in [3.63, 3.8) is 0 Å². The minimum absolute atomic E-state index is 0.0558. The van der Waals surface area contributed by atoms with Gasteiger partial charge in [-0.3, -0.25) is 9.69 Å². The zero-order valence-corrected chi connectivity index (χ0v) is 14.8. The van der Waals surface area contributed by atoms with Crippen molar-refractivity contribution in [2.45, 2.75) is 0 Å². The summed E-state index contributed by atoms with van der Waals surface area (Å²) in [4.78, 5) is 20.1. The molecule has 0 aromatic heterocycles. The Balaban J connectivity index is 1.77. The summed E-state index contributed by atoms with van der Waals surface area (Å²) in [5.41, 5.74) is 2.64. The Labute approximate surface area is 156 Å². The van der Waals surface area contributed by atoms with Crippen molar-refractivity contribution < 1.29 is 4.79 Å². The van der Waals surface area contributed by atoms with Crippen LogP contribution in [0.4, 0.5) is 11.4 Å². The van der Waals surface area contributed by atoms with Crippen LogP contribution >= 0.6 is 11.8 Å². The first-order valence-corrected chi connectivity index (χ1v) is 9.11. The van der Waals surface area contributed by atoms with Gasteiger partial charge in [-0.1, -0.05) is 66.7 Å². The van der Waals surface area contributed by atoms with Gasteiger partial charge in [0.25, 0.3) is 5.91 Å². The summed E-state index contributed by atoms with van der Waals surface area (Å²) in [7, 11) is 0. The lowest BCUT2D eigenvalue weighted by Gasteiger charge is -2.15. The Morgan fingerprint density at radius 3 is 2.00 bits per heavy atom. The number of carbonyl (C=O) groups is 1. The van der Waals surface area contributed by atoms with Gasteiger partial charge in [0.15, 0.2) is 5.17 Å². The average molecular weight is 356 g/mol. The maximum atomic E-state index is 13.1. The molecule has 1 heterocycles. The molecule has 0 radical (unpaired) electrons. The van der Waals surface area contributed by atoms with E-state index >= 15 is 0 Å². The second-order valence-corrected chi connectivity index (χ2v) is 6.74. The topological polar surface area (TPSA) is 32.7 Å². The number of amides is 1. The number of aliphatic imine (C=N–C) groups is 1. The molecule has 4 heteroatoms. The van der Waals surface area contributed by atoms with Crippen molar-refractivity contribution in [3.8, 4) is 0 Å². The minimum Gasteiger partial charge on any atom is -0.268 e. The Hall–Kier alpha value is -3.11. The van der Waals surface area contributed by atoms with Crippen molar-refractivity contribution in [1.82, 2.24) is 0 Å². The lowest BCUT2D eigenvalue weighted by Crippen LogP contribution is -2.28. The second-order valence-electron chi connectivity index (χ2n) is 5.73. The maximum Gasteiger partial charge on any atom is 0.271 e. The van der Waals surface area contributed by atoms with E-state index in [1.54, 1.807) is 4.90 Å². The molecule has 1 fully saturated rings. The summed E-state index contributed by atoms with van der Waals surface area (Å²) < 4.78 is 0. The third-order valence-electron chi connectivity index (χ3n) is 3.90. The highest BCUT2D eigenvalue weighted by molar-refractivity contribution is 8.19. The molecule has 26 heavy (non-hydrogen) atoms. The molecule has 1 aliphatic heterocycles. The fraction of sp³-hybridized carbons (Fsp3) is 0. The van der Waals surface area contributed by atoms with Gasteiger partial charge in [-0.2, -0.15) is 0 Å². The van der Waals surface area contributed by atoms with Gasteiger partial charge in [0.1, 0.15) is 0 Å². The molecular formula is C22H16N2OS. The SMILES string of the molecule is O=C1/C(=C\c2ccccc2)SC(=Nc2ccccc2)N1c1ccccc1. The average Bonchev–Trinajstić information content (AvgIpc) is 2.99. The Bertz CT molecular complexity index is 967. The van der Waals surface area contributed by atoms with E-state index in [2.05, 4.69) is 0 Å². The highest BCUT2D eigenvalue weighted by Crippen LogP contribution is 2.37. The number of carbonyl (C=O) groups excluding carboxylic acids is 1. The van der Waals surface area contributed by atoms with E-state index in [1.165, 1.54) is 11.8 Å². The number of hydrogen-bond donors (Lipinski definition) is 0. The quantitative estimate of drug-likeness (QED) is 0.581. The van der Waals surface area contributed by atoms with Gasteiger partial charge in [0.05, 0.1) is 16.3 Å². The first kappa shape index (κ1) is 16.4. The number of hydrogen-bond acceptors (Lipinski definition) is 3. The Morgan fingerprint density at radius 1 is 0.769 bits per heavy atom. The normalized spacial score (nSPS) is 17.2. The van der Waals surface area contributed by atoms with Crippen LogP contribution in [0.25, 0.3) is 6.08 Å². The second kappa shape index (κ2) is 7.42. The third-order valence-corrected chi connectivity index (χ3v) is 4.87. The molecule has 0 N–H and O–H groups in total. The molecule has 4 rings (SSSR count). The number of nitrogens with zero attached hydrogens (tertiary/aromatic N) is 2. The number of anilines is 1. The molecule has 3 aromatic rings. The summed E-state index contributed by atoms with van der Waals surface area (Å²) in [6.07, 6.45) is 1.91. The van der Waals surface area contributed by atoms with E-state index in [0.717, 1.165) is 16.9 Å². The van der Waals surface area contributed by atoms with E-state index in [0.29, 0.717) is 10.1 Å². The number of benzene rings is 3. The van der Waals surface area contributed by atoms with Gasteiger partial charge in [-0.25, -0.2) is 4.99 Å². The molecule has 0 bridgehead atoms. The van der Waals surface area contributed by atoms with E-state index in [-0.39, 0.29) is 5.91 Å². The molecule has 0 spiro atoms. The summed E-state index contributed by atoms with van der Waals surface area (Å²) in [6, 6.07) is 29.2. The zero-order valence-electron chi connectivity index (χ0n) is 13.9. The number of para-hydroxylation sites is 2. The highest BCUT2D eigenvalue weighted by Gasteiger charge is 2.34. The molecule has 1 saturated heterocycles. The van der Waals surface area contributed by atoms with E-state index < -0.39 is 0 Å². The lowest BCUT2D eigenvalue weighted by atomic mass is 10.2. The van der Waals surface area contributed by atoms with Crippen LogP contribution < -0.4 is 4.90 Å². The Kier molecular flexibility index (Phi) is 4.67. The molecule has 0 aliphatic carbocycles. The van der Waals surface area contributed by atoms with Gasteiger partial charge in [-0.15, -0.1) is 0 Å². The molecular weight excluding hydrogens is 340 g/mol. The van der Waals surface area contributed by atoms with Crippen LogP contribution in [-0.2, 0) is 4.79 Å². The van der Waals surface area contributed by atoms with Gasteiger partial charge in [0, 0.05) is 0 Å².